The quantitative estimate of drug-likeness (QED) is 0.872. The average Bonchev–Trinajstić information content (AvgIpc) is 2.43. The minimum atomic E-state index is -0.462. The highest BCUT2D eigenvalue weighted by Crippen LogP contribution is 2.21. The summed E-state index contributed by atoms with van der Waals surface area (Å²) in [6.07, 6.45) is 0.309. The first-order valence-corrected chi connectivity index (χ1v) is 6.53. The smallest absolute Gasteiger partial charge is 0.126 e. The van der Waals surface area contributed by atoms with Gasteiger partial charge in [-0.05, 0) is 54.4 Å². The Balaban J connectivity index is 2.25. The van der Waals surface area contributed by atoms with Crippen LogP contribution in [0.5, 0.6) is 0 Å². The first-order chi connectivity index (χ1) is 9.60. The Hall–Kier alpha value is -1.81. The summed E-state index contributed by atoms with van der Waals surface area (Å²) in [5.41, 5.74) is 1.15. The lowest BCUT2D eigenvalue weighted by molar-refractivity contribution is 0.521. The molecule has 0 saturated carbocycles. The number of nitrogens with one attached hydrogen (secondary N) is 1. The van der Waals surface area contributed by atoms with Crippen molar-refractivity contribution in [1.29, 1.82) is 0 Å². The number of hydrogen-bond acceptors (Lipinski definition) is 1. The van der Waals surface area contributed by atoms with Gasteiger partial charge in [0.25, 0.3) is 0 Å². The van der Waals surface area contributed by atoms with Crippen molar-refractivity contribution in [3.63, 3.8) is 0 Å². The lowest BCUT2D eigenvalue weighted by Gasteiger charge is -2.19. The van der Waals surface area contributed by atoms with Crippen molar-refractivity contribution in [1.82, 2.24) is 5.32 Å². The van der Waals surface area contributed by atoms with Gasteiger partial charge in [-0.1, -0.05) is 19.1 Å². The molecule has 0 bridgehead atoms. The molecule has 0 aromatic heterocycles. The third-order valence-corrected chi connectivity index (χ3v) is 3.15. The van der Waals surface area contributed by atoms with Crippen LogP contribution in [0.1, 0.15) is 24.1 Å². The predicted molar refractivity (Wildman–Crippen MR) is 72.9 cm³/mol. The fraction of sp³-hybridized carbons (Fsp3) is 0.250. The van der Waals surface area contributed by atoms with Gasteiger partial charge in [0.05, 0.1) is 0 Å². The van der Waals surface area contributed by atoms with Crippen LogP contribution < -0.4 is 5.32 Å². The van der Waals surface area contributed by atoms with Gasteiger partial charge in [-0.2, -0.15) is 0 Å². The van der Waals surface area contributed by atoms with Crippen LogP contribution in [0.25, 0.3) is 0 Å². The Kier molecular flexibility index (Phi) is 4.79. The normalized spacial score (nSPS) is 12.4. The van der Waals surface area contributed by atoms with Crippen LogP contribution in [0.2, 0.25) is 0 Å². The maximum absolute atomic E-state index is 13.7. The first-order valence-electron chi connectivity index (χ1n) is 6.53. The van der Waals surface area contributed by atoms with Gasteiger partial charge in [0.2, 0.25) is 0 Å². The fourth-order valence-electron chi connectivity index (χ4n) is 2.17. The van der Waals surface area contributed by atoms with Gasteiger partial charge in [0.15, 0.2) is 0 Å². The second kappa shape index (κ2) is 6.57. The van der Waals surface area contributed by atoms with Crippen LogP contribution in [-0.4, -0.2) is 6.54 Å². The number of likely N-dealkylation sites (N-methyl/N-ethyl adjacent to an activating group) is 1. The molecule has 0 spiro atoms. The summed E-state index contributed by atoms with van der Waals surface area (Å²) in [6, 6.07) is 9.26. The van der Waals surface area contributed by atoms with E-state index in [1.165, 1.54) is 18.2 Å². The van der Waals surface area contributed by atoms with Crippen molar-refractivity contribution in [2.45, 2.75) is 19.4 Å². The monoisotopic (exact) mass is 279 g/mol. The van der Waals surface area contributed by atoms with Crippen LogP contribution in [0.15, 0.2) is 42.5 Å². The maximum atomic E-state index is 13.7. The lowest BCUT2D eigenvalue weighted by Crippen LogP contribution is -2.23. The summed E-state index contributed by atoms with van der Waals surface area (Å²) in [5.74, 6) is -1.21. The van der Waals surface area contributed by atoms with E-state index in [4.69, 9.17) is 0 Å². The third kappa shape index (κ3) is 3.61. The Labute approximate surface area is 116 Å². The molecular weight excluding hydrogens is 263 g/mol. The second-order valence-corrected chi connectivity index (χ2v) is 4.60. The van der Waals surface area contributed by atoms with E-state index in [2.05, 4.69) is 5.32 Å². The summed E-state index contributed by atoms with van der Waals surface area (Å²) in [6.45, 7) is 2.61. The van der Waals surface area contributed by atoms with Crippen molar-refractivity contribution in [2.75, 3.05) is 6.54 Å². The summed E-state index contributed by atoms with van der Waals surface area (Å²) >= 11 is 0. The molecule has 2 rings (SSSR count). The molecule has 20 heavy (non-hydrogen) atoms. The molecule has 4 heteroatoms. The van der Waals surface area contributed by atoms with E-state index in [1.54, 1.807) is 12.1 Å². The van der Waals surface area contributed by atoms with Crippen LogP contribution in [0, 0.1) is 17.5 Å². The van der Waals surface area contributed by atoms with E-state index in [0.717, 1.165) is 17.7 Å². The van der Waals surface area contributed by atoms with Gasteiger partial charge in [-0.3, -0.25) is 0 Å². The van der Waals surface area contributed by atoms with Crippen molar-refractivity contribution in [3.05, 3.63) is 71.0 Å². The Bertz CT molecular complexity index is 566. The van der Waals surface area contributed by atoms with Crippen LogP contribution in [0.3, 0.4) is 0 Å². The van der Waals surface area contributed by atoms with Gasteiger partial charge in [-0.25, -0.2) is 13.2 Å². The van der Waals surface area contributed by atoms with Crippen LogP contribution >= 0.6 is 0 Å². The summed E-state index contributed by atoms with van der Waals surface area (Å²) < 4.78 is 39.8. The van der Waals surface area contributed by atoms with Gasteiger partial charge in [0, 0.05) is 6.04 Å². The molecule has 1 nitrogen and oxygen atoms in total. The van der Waals surface area contributed by atoms with E-state index in [9.17, 15) is 13.2 Å². The van der Waals surface area contributed by atoms with Crippen molar-refractivity contribution in [3.8, 4) is 0 Å². The average molecular weight is 279 g/mol. The molecule has 1 N–H and O–H groups in total. The largest absolute Gasteiger partial charge is 0.310 e. The number of benzene rings is 2. The zero-order valence-electron chi connectivity index (χ0n) is 11.2. The predicted octanol–water partition coefficient (Wildman–Crippen LogP) is 4.00. The van der Waals surface area contributed by atoms with Crippen LogP contribution in [0.4, 0.5) is 13.2 Å². The van der Waals surface area contributed by atoms with E-state index in [1.807, 2.05) is 6.92 Å². The molecular formula is C16H16F3N. The highest BCUT2D eigenvalue weighted by atomic mass is 19.1. The molecule has 2 aromatic carbocycles. The minimum Gasteiger partial charge on any atom is -0.310 e. The molecule has 0 aliphatic rings. The van der Waals surface area contributed by atoms with Gasteiger partial charge >= 0.3 is 0 Å². The molecule has 0 aliphatic carbocycles. The number of halogens is 3. The molecule has 106 valence electrons. The van der Waals surface area contributed by atoms with E-state index >= 15 is 0 Å². The Morgan fingerprint density at radius 2 is 1.60 bits per heavy atom. The molecule has 1 unspecified atom stereocenters. The molecule has 0 heterocycles. The SMILES string of the molecule is CCNC(Cc1cc(F)ccc1F)c1ccc(F)cc1. The van der Waals surface area contributed by atoms with Crippen molar-refractivity contribution >= 4 is 0 Å². The highest BCUT2D eigenvalue weighted by Gasteiger charge is 2.14. The third-order valence-electron chi connectivity index (χ3n) is 3.15. The lowest BCUT2D eigenvalue weighted by atomic mass is 9.98. The molecule has 2 aromatic rings. The van der Waals surface area contributed by atoms with Gasteiger partial charge in [0.1, 0.15) is 17.5 Å². The molecule has 0 fully saturated rings. The standard InChI is InChI=1S/C16H16F3N/c1-2-20-16(11-3-5-13(17)6-4-11)10-12-9-14(18)7-8-15(12)19/h3-9,16,20H,2,10H2,1H3. The van der Waals surface area contributed by atoms with E-state index < -0.39 is 11.6 Å². The van der Waals surface area contributed by atoms with E-state index in [0.29, 0.717) is 18.5 Å². The van der Waals surface area contributed by atoms with Crippen LogP contribution in [-0.2, 0) is 6.42 Å². The second-order valence-electron chi connectivity index (χ2n) is 4.60. The summed E-state index contributed by atoms with van der Waals surface area (Å²) in [4.78, 5) is 0. The van der Waals surface area contributed by atoms with Gasteiger partial charge < -0.3 is 5.32 Å². The number of rotatable bonds is 5. The fourth-order valence-corrected chi connectivity index (χ4v) is 2.17. The Morgan fingerprint density at radius 1 is 0.950 bits per heavy atom. The molecule has 0 radical (unpaired) electrons. The molecule has 1 atom stereocenters. The van der Waals surface area contributed by atoms with E-state index in [-0.39, 0.29) is 11.9 Å². The minimum absolute atomic E-state index is 0.183. The summed E-state index contributed by atoms with van der Waals surface area (Å²) in [7, 11) is 0. The molecule has 0 amide bonds. The zero-order chi connectivity index (χ0) is 14.5. The van der Waals surface area contributed by atoms with Crippen molar-refractivity contribution in [2.24, 2.45) is 0 Å². The highest BCUT2D eigenvalue weighted by molar-refractivity contribution is 5.25. The topological polar surface area (TPSA) is 12.0 Å². The molecule has 0 saturated heterocycles. The van der Waals surface area contributed by atoms with Crippen molar-refractivity contribution < 1.29 is 13.2 Å². The van der Waals surface area contributed by atoms with Gasteiger partial charge in [-0.15, -0.1) is 0 Å². The maximum Gasteiger partial charge on any atom is 0.126 e. The number of hydrogen-bond donors (Lipinski definition) is 1. The zero-order valence-corrected chi connectivity index (χ0v) is 11.2. The summed E-state index contributed by atoms with van der Waals surface area (Å²) in [5, 5.41) is 3.20. The Morgan fingerprint density at radius 3 is 2.25 bits per heavy atom. The first kappa shape index (κ1) is 14.6. The molecule has 0 aliphatic heterocycles.